The van der Waals surface area contributed by atoms with Gasteiger partial charge in [0.15, 0.2) is 0 Å². The number of rotatable bonds is 8. The first kappa shape index (κ1) is 28.9. The van der Waals surface area contributed by atoms with E-state index in [9.17, 15) is 18.0 Å². The molecule has 0 spiro atoms. The highest BCUT2D eigenvalue weighted by atomic mass is 19.4. The summed E-state index contributed by atoms with van der Waals surface area (Å²) in [6, 6.07) is 17.8. The second kappa shape index (κ2) is 12.9. The maximum Gasteiger partial charge on any atom is 0.416 e. The monoisotopic (exact) mass is 562 g/mol. The SMILES string of the molecule is CN(c1ccncc1)c1ccc(CN(C(=O)/C=C/c2ccc(C(F)(F)F)cc2)C2CCN(C3CCCC3)CC2)cc1. The van der Waals surface area contributed by atoms with Crippen LogP contribution in [0.25, 0.3) is 6.08 Å². The number of hydrogen-bond donors (Lipinski definition) is 0. The lowest BCUT2D eigenvalue weighted by molar-refractivity contribution is -0.137. The number of likely N-dealkylation sites (tertiary alicyclic amines) is 1. The molecule has 0 bridgehead atoms. The van der Waals surface area contributed by atoms with E-state index in [0.717, 1.165) is 55.0 Å². The molecule has 5 rings (SSSR count). The molecule has 41 heavy (non-hydrogen) atoms. The van der Waals surface area contributed by atoms with Crippen LogP contribution in [0.4, 0.5) is 24.5 Å². The average molecular weight is 563 g/mol. The highest BCUT2D eigenvalue weighted by molar-refractivity contribution is 5.92. The number of aromatic nitrogens is 1. The average Bonchev–Trinajstić information content (AvgIpc) is 3.54. The summed E-state index contributed by atoms with van der Waals surface area (Å²) in [5.74, 6) is -0.123. The van der Waals surface area contributed by atoms with Crippen molar-refractivity contribution in [3.8, 4) is 0 Å². The Morgan fingerprint density at radius 3 is 2.12 bits per heavy atom. The number of halogens is 3. The van der Waals surface area contributed by atoms with Gasteiger partial charge in [0.1, 0.15) is 0 Å². The Hall–Kier alpha value is -3.65. The van der Waals surface area contributed by atoms with Crippen molar-refractivity contribution in [2.75, 3.05) is 25.0 Å². The lowest BCUT2D eigenvalue weighted by Gasteiger charge is -2.40. The number of pyridine rings is 1. The molecule has 5 nitrogen and oxygen atoms in total. The number of alkyl halides is 3. The quantitative estimate of drug-likeness (QED) is 0.270. The Morgan fingerprint density at radius 2 is 1.51 bits per heavy atom. The molecule has 1 aliphatic heterocycles. The Bertz CT molecular complexity index is 1300. The van der Waals surface area contributed by atoms with Crippen molar-refractivity contribution >= 4 is 23.4 Å². The van der Waals surface area contributed by atoms with Crippen LogP contribution in [0, 0.1) is 0 Å². The normalized spacial score (nSPS) is 17.3. The second-order valence-corrected chi connectivity index (χ2v) is 11.1. The Morgan fingerprint density at radius 1 is 0.902 bits per heavy atom. The fraction of sp³-hybridized carbons (Fsp3) is 0.394. The lowest BCUT2D eigenvalue weighted by atomic mass is 9.99. The summed E-state index contributed by atoms with van der Waals surface area (Å²) in [7, 11) is 2.00. The van der Waals surface area contributed by atoms with E-state index in [0.29, 0.717) is 18.2 Å². The smallest absolute Gasteiger partial charge is 0.345 e. The number of anilines is 2. The molecule has 2 fully saturated rings. The van der Waals surface area contributed by atoms with Gasteiger partial charge in [-0.3, -0.25) is 9.78 Å². The first-order valence-electron chi connectivity index (χ1n) is 14.4. The van der Waals surface area contributed by atoms with Gasteiger partial charge in [0.2, 0.25) is 5.91 Å². The number of nitrogens with zero attached hydrogens (tertiary/aromatic N) is 4. The van der Waals surface area contributed by atoms with Crippen LogP contribution in [0.15, 0.2) is 79.1 Å². The maximum absolute atomic E-state index is 13.6. The minimum atomic E-state index is -4.38. The third-order valence-corrected chi connectivity index (χ3v) is 8.45. The van der Waals surface area contributed by atoms with Crippen LogP contribution in [-0.2, 0) is 17.5 Å². The number of carbonyl (C=O) groups excluding carboxylic acids is 1. The van der Waals surface area contributed by atoms with Gasteiger partial charge in [0, 0.05) is 68.6 Å². The molecule has 1 saturated heterocycles. The molecule has 1 aromatic heterocycles. The van der Waals surface area contributed by atoms with Gasteiger partial charge in [0.05, 0.1) is 5.56 Å². The fourth-order valence-electron chi connectivity index (χ4n) is 6.00. The van der Waals surface area contributed by atoms with Crippen LogP contribution in [0.1, 0.15) is 55.2 Å². The van der Waals surface area contributed by atoms with E-state index in [-0.39, 0.29) is 11.9 Å². The first-order valence-corrected chi connectivity index (χ1v) is 14.4. The Labute approximate surface area is 240 Å². The molecule has 8 heteroatoms. The zero-order valence-corrected chi connectivity index (χ0v) is 23.4. The van der Waals surface area contributed by atoms with Gasteiger partial charge < -0.3 is 14.7 Å². The van der Waals surface area contributed by atoms with Crippen molar-refractivity contribution < 1.29 is 18.0 Å². The highest BCUT2D eigenvalue weighted by Gasteiger charge is 2.32. The van der Waals surface area contributed by atoms with E-state index < -0.39 is 11.7 Å². The summed E-state index contributed by atoms with van der Waals surface area (Å²) in [5, 5.41) is 0. The van der Waals surface area contributed by atoms with Crippen molar-refractivity contribution in [3.63, 3.8) is 0 Å². The van der Waals surface area contributed by atoms with Crippen molar-refractivity contribution in [1.82, 2.24) is 14.8 Å². The van der Waals surface area contributed by atoms with Gasteiger partial charge >= 0.3 is 6.18 Å². The van der Waals surface area contributed by atoms with Gasteiger partial charge in [-0.2, -0.15) is 13.2 Å². The van der Waals surface area contributed by atoms with Crippen LogP contribution in [0.5, 0.6) is 0 Å². The zero-order valence-electron chi connectivity index (χ0n) is 23.4. The number of carbonyl (C=O) groups is 1. The third kappa shape index (κ3) is 7.36. The second-order valence-electron chi connectivity index (χ2n) is 11.1. The topological polar surface area (TPSA) is 39.7 Å². The van der Waals surface area contributed by atoms with Gasteiger partial charge in [0.25, 0.3) is 0 Å². The van der Waals surface area contributed by atoms with Crippen molar-refractivity contribution in [1.29, 1.82) is 0 Å². The van der Waals surface area contributed by atoms with E-state index in [1.54, 1.807) is 18.5 Å². The molecule has 0 radical (unpaired) electrons. The van der Waals surface area contributed by atoms with Crippen molar-refractivity contribution in [2.24, 2.45) is 0 Å². The molecule has 2 aliphatic rings. The summed E-state index contributed by atoms with van der Waals surface area (Å²) in [5.41, 5.74) is 2.96. The molecule has 1 saturated carbocycles. The molecule has 216 valence electrons. The standard InChI is InChI=1S/C33H37F3N4O/c1-38(29-16-20-37-21-17-29)28-13-8-26(9-14-28)24-40(31-18-22-39(23-19-31)30-4-2-3-5-30)32(41)15-10-25-6-11-27(12-7-25)33(34,35)36/h6-17,20-21,30-31H,2-5,18-19,22-24H2,1H3/b15-10+. The number of amides is 1. The van der Waals surface area contributed by atoms with Crippen LogP contribution < -0.4 is 4.90 Å². The predicted molar refractivity (Wildman–Crippen MR) is 157 cm³/mol. The van der Waals surface area contributed by atoms with Gasteiger partial charge in [-0.25, -0.2) is 0 Å². The summed E-state index contributed by atoms with van der Waals surface area (Å²) >= 11 is 0. The summed E-state index contributed by atoms with van der Waals surface area (Å²) in [6.07, 6.45) is 9.22. The van der Waals surface area contributed by atoms with Gasteiger partial charge in [-0.1, -0.05) is 37.1 Å². The van der Waals surface area contributed by atoms with Gasteiger partial charge in [-0.15, -0.1) is 0 Å². The molecule has 1 aliphatic carbocycles. The van der Waals surface area contributed by atoms with Crippen LogP contribution >= 0.6 is 0 Å². The van der Waals surface area contributed by atoms with Crippen LogP contribution in [0.2, 0.25) is 0 Å². The summed E-state index contributed by atoms with van der Waals surface area (Å²) < 4.78 is 38.8. The van der Waals surface area contributed by atoms with Gasteiger partial charge in [-0.05, 0) is 79.3 Å². The number of benzene rings is 2. The zero-order chi connectivity index (χ0) is 28.8. The molecule has 0 N–H and O–H groups in total. The van der Waals surface area contributed by atoms with E-state index in [2.05, 4.69) is 39.0 Å². The Balaban J connectivity index is 1.30. The molecule has 0 atom stereocenters. The fourth-order valence-corrected chi connectivity index (χ4v) is 6.00. The van der Waals surface area contributed by atoms with E-state index in [1.807, 2.05) is 24.1 Å². The van der Waals surface area contributed by atoms with Crippen molar-refractivity contribution in [3.05, 3.63) is 95.8 Å². The minimum Gasteiger partial charge on any atom is -0.345 e. The molecule has 0 unspecified atom stereocenters. The lowest BCUT2D eigenvalue weighted by Crippen LogP contribution is -2.48. The number of hydrogen-bond acceptors (Lipinski definition) is 4. The molecule has 2 aromatic carbocycles. The summed E-state index contributed by atoms with van der Waals surface area (Å²) in [6.45, 7) is 2.44. The first-order chi connectivity index (χ1) is 19.8. The molecule has 1 amide bonds. The van der Waals surface area contributed by atoms with E-state index >= 15 is 0 Å². The predicted octanol–water partition coefficient (Wildman–Crippen LogP) is 7.32. The van der Waals surface area contributed by atoms with Crippen LogP contribution in [0.3, 0.4) is 0 Å². The minimum absolute atomic E-state index is 0.108. The van der Waals surface area contributed by atoms with E-state index in [1.165, 1.54) is 43.9 Å². The van der Waals surface area contributed by atoms with Crippen molar-refractivity contribution in [2.45, 2.75) is 63.3 Å². The molecule has 3 aromatic rings. The largest absolute Gasteiger partial charge is 0.416 e. The molecular formula is C33H37F3N4O. The third-order valence-electron chi connectivity index (χ3n) is 8.45. The highest BCUT2D eigenvalue weighted by Crippen LogP contribution is 2.30. The maximum atomic E-state index is 13.6. The van der Waals surface area contributed by atoms with Crippen LogP contribution in [-0.4, -0.2) is 52.9 Å². The van der Waals surface area contributed by atoms with E-state index in [4.69, 9.17) is 0 Å². The summed E-state index contributed by atoms with van der Waals surface area (Å²) in [4.78, 5) is 24.3. The molecular weight excluding hydrogens is 525 g/mol. The molecule has 2 heterocycles. The Kier molecular flexibility index (Phi) is 9.08. The number of piperidine rings is 1.